The summed E-state index contributed by atoms with van der Waals surface area (Å²) in [6.45, 7) is 7.56. The highest BCUT2D eigenvalue weighted by molar-refractivity contribution is 4.91. The Morgan fingerprint density at radius 3 is 2.69 bits per heavy atom. The van der Waals surface area contributed by atoms with Crippen LogP contribution in [0, 0.1) is 5.92 Å². The van der Waals surface area contributed by atoms with Gasteiger partial charge in [-0.3, -0.25) is 0 Å². The fourth-order valence-electron chi connectivity index (χ4n) is 2.75. The van der Waals surface area contributed by atoms with Crippen molar-refractivity contribution >= 4 is 0 Å². The van der Waals surface area contributed by atoms with Crippen LogP contribution in [-0.2, 0) is 0 Å². The van der Waals surface area contributed by atoms with Crippen molar-refractivity contribution < 1.29 is 5.11 Å². The third kappa shape index (κ3) is 4.06. The first-order valence-electron chi connectivity index (χ1n) is 7.06. The van der Waals surface area contributed by atoms with Gasteiger partial charge in [0.1, 0.15) is 0 Å². The van der Waals surface area contributed by atoms with Crippen molar-refractivity contribution in [2.24, 2.45) is 5.92 Å². The van der Waals surface area contributed by atoms with Crippen LogP contribution in [-0.4, -0.2) is 23.3 Å². The van der Waals surface area contributed by atoms with Crippen molar-refractivity contribution in [2.45, 2.75) is 77.4 Å². The maximum absolute atomic E-state index is 10.5. The Morgan fingerprint density at radius 2 is 2.06 bits per heavy atom. The molecule has 2 nitrogen and oxygen atoms in total. The molecular weight excluding hydrogens is 198 g/mol. The standard InChI is InChI=1S/C14H29NO/c1-4-6-7-9-14(3,16)13-11-12(5-2)8-10-15-13/h12-13,15-16H,4-11H2,1-3H3. The quantitative estimate of drug-likeness (QED) is 0.683. The molecule has 0 radical (unpaired) electrons. The lowest BCUT2D eigenvalue weighted by Crippen LogP contribution is -2.52. The molecule has 3 atom stereocenters. The maximum Gasteiger partial charge on any atom is 0.0772 e. The molecule has 16 heavy (non-hydrogen) atoms. The number of aliphatic hydroxyl groups is 1. The average Bonchev–Trinajstić information content (AvgIpc) is 2.29. The van der Waals surface area contributed by atoms with Gasteiger partial charge >= 0.3 is 0 Å². The molecule has 1 aliphatic rings. The van der Waals surface area contributed by atoms with E-state index >= 15 is 0 Å². The van der Waals surface area contributed by atoms with E-state index in [0.717, 1.165) is 31.7 Å². The summed E-state index contributed by atoms with van der Waals surface area (Å²) in [5, 5.41) is 14.0. The molecule has 1 fully saturated rings. The molecule has 0 aromatic heterocycles. The fourth-order valence-corrected chi connectivity index (χ4v) is 2.75. The summed E-state index contributed by atoms with van der Waals surface area (Å²) < 4.78 is 0. The van der Waals surface area contributed by atoms with Crippen LogP contribution in [0.4, 0.5) is 0 Å². The summed E-state index contributed by atoms with van der Waals surface area (Å²) in [5.74, 6) is 0.809. The molecule has 1 heterocycles. The van der Waals surface area contributed by atoms with Crippen LogP contribution in [0.2, 0.25) is 0 Å². The van der Waals surface area contributed by atoms with Gasteiger partial charge in [0.25, 0.3) is 0 Å². The minimum atomic E-state index is -0.511. The highest BCUT2D eigenvalue weighted by Gasteiger charge is 2.34. The molecule has 0 aliphatic carbocycles. The zero-order valence-electron chi connectivity index (χ0n) is 11.3. The number of rotatable bonds is 6. The molecule has 0 bridgehead atoms. The van der Waals surface area contributed by atoms with Gasteiger partial charge < -0.3 is 10.4 Å². The highest BCUT2D eigenvalue weighted by atomic mass is 16.3. The molecule has 1 saturated heterocycles. The Hall–Kier alpha value is -0.0800. The molecule has 2 heteroatoms. The summed E-state index contributed by atoms with van der Waals surface area (Å²) in [5.41, 5.74) is -0.511. The SMILES string of the molecule is CCCCCC(C)(O)C1CC(CC)CCN1. The Morgan fingerprint density at radius 1 is 1.31 bits per heavy atom. The van der Waals surface area contributed by atoms with Crippen molar-refractivity contribution in [1.82, 2.24) is 5.32 Å². The first-order valence-corrected chi connectivity index (χ1v) is 7.06. The van der Waals surface area contributed by atoms with Crippen LogP contribution in [0.25, 0.3) is 0 Å². The van der Waals surface area contributed by atoms with Gasteiger partial charge in [0.2, 0.25) is 0 Å². The van der Waals surface area contributed by atoms with Crippen LogP contribution in [0.3, 0.4) is 0 Å². The predicted octanol–water partition coefficient (Wildman–Crippen LogP) is 3.10. The molecule has 0 spiro atoms. The molecule has 1 aliphatic heterocycles. The van der Waals surface area contributed by atoms with E-state index in [1.807, 2.05) is 6.92 Å². The monoisotopic (exact) mass is 227 g/mol. The van der Waals surface area contributed by atoms with Gasteiger partial charge in [0, 0.05) is 6.04 Å². The number of piperidine rings is 1. The number of hydrogen-bond donors (Lipinski definition) is 2. The smallest absolute Gasteiger partial charge is 0.0772 e. The second-order valence-corrected chi connectivity index (χ2v) is 5.62. The zero-order valence-corrected chi connectivity index (χ0v) is 11.3. The summed E-state index contributed by atoms with van der Waals surface area (Å²) in [6, 6.07) is 0.308. The molecule has 2 N–H and O–H groups in total. The van der Waals surface area contributed by atoms with E-state index in [0.29, 0.717) is 6.04 Å². The van der Waals surface area contributed by atoms with Crippen LogP contribution in [0.1, 0.15) is 65.7 Å². The van der Waals surface area contributed by atoms with Gasteiger partial charge in [0.05, 0.1) is 5.60 Å². The van der Waals surface area contributed by atoms with Crippen molar-refractivity contribution in [2.75, 3.05) is 6.54 Å². The van der Waals surface area contributed by atoms with Crippen LogP contribution < -0.4 is 5.32 Å². The zero-order chi connectivity index (χ0) is 12.0. The van der Waals surface area contributed by atoms with E-state index < -0.39 is 5.60 Å². The molecule has 0 aromatic carbocycles. The van der Waals surface area contributed by atoms with E-state index in [-0.39, 0.29) is 0 Å². The first-order chi connectivity index (χ1) is 7.60. The summed E-state index contributed by atoms with van der Waals surface area (Å²) >= 11 is 0. The van der Waals surface area contributed by atoms with Crippen LogP contribution >= 0.6 is 0 Å². The largest absolute Gasteiger partial charge is 0.389 e. The first kappa shape index (κ1) is 14.0. The van der Waals surface area contributed by atoms with Gasteiger partial charge in [-0.25, -0.2) is 0 Å². The second-order valence-electron chi connectivity index (χ2n) is 5.62. The topological polar surface area (TPSA) is 32.3 Å². The van der Waals surface area contributed by atoms with E-state index in [1.165, 1.54) is 25.7 Å². The highest BCUT2D eigenvalue weighted by Crippen LogP contribution is 2.28. The normalized spacial score (nSPS) is 30.0. The van der Waals surface area contributed by atoms with Gasteiger partial charge in [-0.05, 0) is 38.6 Å². The third-order valence-electron chi connectivity index (χ3n) is 4.13. The van der Waals surface area contributed by atoms with E-state index in [1.54, 1.807) is 0 Å². The Bertz CT molecular complexity index is 191. The summed E-state index contributed by atoms with van der Waals surface area (Å²) in [7, 11) is 0. The Labute approximate surface area is 101 Å². The van der Waals surface area contributed by atoms with E-state index in [9.17, 15) is 5.11 Å². The van der Waals surface area contributed by atoms with Gasteiger partial charge in [0.15, 0.2) is 0 Å². The van der Waals surface area contributed by atoms with Gasteiger partial charge in [-0.15, -0.1) is 0 Å². The van der Waals surface area contributed by atoms with E-state index in [4.69, 9.17) is 0 Å². The molecular formula is C14H29NO. The van der Waals surface area contributed by atoms with Gasteiger partial charge in [-0.2, -0.15) is 0 Å². The lowest BCUT2D eigenvalue weighted by Gasteiger charge is -2.39. The Kier molecular flexibility index (Phi) is 5.77. The molecule has 3 unspecified atom stereocenters. The lowest BCUT2D eigenvalue weighted by atomic mass is 9.80. The average molecular weight is 227 g/mol. The van der Waals surface area contributed by atoms with Crippen molar-refractivity contribution in [3.8, 4) is 0 Å². The number of hydrogen-bond acceptors (Lipinski definition) is 2. The summed E-state index contributed by atoms with van der Waals surface area (Å²) in [4.78, 5) is 0. The fraction of sp³-hybridized carbons (Fsp3) is 1.00. The van der Waals surface area contributed by atoms with Gasteiger partial charge in [-0.1, -0.05) is 39.5 Å². The lowest BCUT2D eigenvalue weighted by molar-refractivity contribution is -0.00774. The number of nitrogens with one attached hydrogen (secondary N) is 1. The molecule has 0 amide bonds. The maximum atomic E-state index is 10.5. The minimum absolute atomic E-state index is 0.308. The van der Waals surface area contributed by atoms with Crippen LogP contribution in [0.15, 0.2) is 0 Å². The molecule has 0 saturated carbocycles. The molecule has 0 aromatic rings. The number of unbranched alkanes of at least 4 members (excludes halogenated alkanes) is 2. The summed E-state index contributed by atoms with van der Waals surface area (Å²) in [6.07, 6.45) is 8.23. The molecule has 1 rings (SSSR count). The van der Waals surface area contributed by atoms with Crippen molar-refractivity contribution in [1.29, 1.82) is 0 Å². The molecule has 96 valence electrons. The van der Waals surface area contributed by atoms with Crippen molar-refractivity contribution in [3.63, 3.8) is 0 Å². The Balaban J connectivity index is 2.40. The second kappa shape index (κ2) is 6.61. The van der Waals surface area contributed by atoms with Crippen molar-refractivity contribution in [3.05, 3.63) is 0 Å². The van der Waals surface area contributed by atoms with Crippen LogP contribution in [0.5, 0.6) is 0 Å². The third-order valence-corrected chi connectivity index (χ3v) is 4.13. The predicted molar refractivity (Wildman–Crippen MR) is 69.6 cm³/mol. The minimum Gasteiger partial charge on any atom is -0.389 e. The van der Waals surface area contributed by atoms with E-state index in [2.05, 4.69) is 19.2 Å².